The van der Waals surface area contributed by atoms with Crippen molar-refractivity contribution in [1.29, 1.82) is 0 Å². The van der Waals surface area contributed by atoms with Crippen molar-refractivity contribution < 1.29 is 9.90 Å². The Labute approximate surface area is 92.8 Å². The quantitative estimate of drug-likeness (QED) is 0.667. The van der Waals surface area contributed by atoms with Crippen molar-refractivity contribution in [3.63, 3.8) is 0 Å². The Hall–Kier alpha value is -0.870. The van der Waals surface area contributed by atoms with Gasteiger partial charge >= 0.3 is 0 Å². The number of carbonyl (C=O) groups excluding carboxylic acids is 1. The molecule has 0 radical (unpaired) electrons. The summed E-state index contributed by atoms with van der Waals surface area (Å²) in [5.74, 6) is -0.435. The summed E-state index contributed by atoms with van der Waals surface area (Å²) in [6.45, 7) is 7.26. The van der Waals surface area contributed by atoms with Crippen LogP contribution in [0.15, 0.2) is 12.2 Å². The molecule has 1 atom stereocenters. The monoisotopic (exact) mass is 216 g/mol. The van der Waals surface area contributed by atoms with Gasteiger partial charge in [0.1, 0.15) is 0 Å². The van der Waals surface area contributed by atoms with Gasteiger partial charge in [0.05, 0.1) is 6.61 Å². The molecule has 0 spiro atoms. The van der Waals surface area contributed by atoms with E-state index >= 15 is 0 Å². The van der Waals surface area contributed by atoms with Gasteiger partial charge in [0, 0.05) is 11.6 Å². The van der Waals surface area contributed by atoms with Crippen LogP contribution in [0.25, 0.3) is 0 Å². The zero-order valence-electron chi connectivity index (χ0n) is 10.3. The Morgan fingerprint density at radius 3 is 2.00 bits per heavy atom. The number of primary amides is 1. The van der Waals surface area contributed by atoms with Crippen molar-refractivity contribution >= 4 is 5.91 Å². The molecule has 1 unspecified atom stereocenters. The van der Waals surface area contributed by atoms with E-state index in [9.17, 15) is 4.79 Å². The number of nitrogens with zero attached hydrogens (tertiary/aromatic N) is 1. The summed E-state index contributed by atoms with van der Waals surface area (Å²) in [4.78, 5) is 11.9. The van der Waals surface area contributed by atoms with Gasteiger partial charge in [-0.15, -0.1) is 0 Å². The molecule has 4 nitrogen and oxygen atoms in total. The molecule has 0 rings (SSSR count). The first kappa shape index (κ1) is 16.6. The predicted octanol–water partition coefficient (Wildman–Crippen LogP) is 0.757. The van der Waals surface area contributed by atoms with Crippen LogP contribution >= 0.6 is 0 Å². The van der Waals surface area contributed by atoms with Crippen molar-refractivity contribution in [2.75, 3.05) is 20.7 Å². The largest absolute Gasteiger partial charge is 0.395 e. The molecule has 0 saturated heterocycles. The van der Waals surface area contributed by atoms with E-state index in [4.69, 9.17) is 10.8 Å². The lowest BCUT2D eigenvalue weighted by Crippen LogP contribution is -2.30. The van der Waals surface area contributed by atoms with Gasteiger partial charge in [-0.1, -0.05) is 19.9 Å². The maximum Gasteiger partial charge on any atom is 0.243 e. The Morgan fingerprint density at radius 1 is 1.53 bits per heavy atom. The maximum absolute atomic E-state index is 9.82. The molecule has 90 valence electrons. The fraction of sp³-hybridized carbons (Fsp3) is 0.727. The van der Waals surface area contributed by atoms with E-state index in [1.807, 2.05) is 14.1 Å². The van der Waals surface area contributed by atoms with Crippen molar-refractivity contribution in [2.24, 2.45) is 5.73 Å². The number of hydrogen-bond donors (Lipinski definition) is 2. The normalized spacial score (nSPS) is 11.6. The summed E-state index contributed by atoms with van der Waals surface area (Å²) in [5.41, 5.74) is 5.09. The third-order valence-electron chi connectivity index (χ3n) is 1.98. The van der Waals surface area contributed by atoms with Gasteiger partial charge in [0.2, 0.25) is 5.91 Å². The van der Waals surface area contributed by atoms with Crippen LogP contribution in [0.4, 0.5) is 0 Å². The molecule has 0 saturated carbocycles. The predicted molar refractivity (Wildman–Crippen MR) is 63.5 cm³/mol. The summed E-state index contributed by atoms with van der Waals surface area (Å²) in [6, 6.07) is 0.356. The molecule has 0 aromatic heterocycles. The Kier molecular flexibility index (Phi) is 10.7. The van der Waals surface area contributed by atoms with Gasteiger partial charge in [0.15, 0.2) is 0 Å². The van der Waals surface area contributed by atoms with Crippen molar-refractivity contribution in [3.8, 4) is 0 Å². The Morgan fingerprint density at radius 2 is 1.93 bits per heavy atom. The first-order valence-corrected chi connectivity index (χ1v) is 5.09. The van der Waals surface area contributed by atoms with E-state index in [0.717, 1.165) is 12.8 Å². The minimum absolute atomic E-state index is 0.279. The third-order valence-corrected chi connectivity index (χ3v) is 1.98. The number of amides is 1. The molecule has 0 fully saturated rings. The second-order valence-corrected chi connectivity index (χ2v) is 3.73. The van der Waals surface area contributed by atoms with Crippen LogP contribution < -0.4 is 5.73 Å². The topological polar surface area (TPSA) is 66.6 Å². The highest BCUT2D eigenvalue weighted by Gasteiger charge is 2.06. The molecule has 4 heteroatoms. The van der Waals surface area contributed by atoms with E-state index in [1.165, 1.54) is 0 Å². The average molecular weight is 216 g/mol. The van der Waals surface area contributed by atoms with Gasteiger partial charge in [-0.25, -0.2) is 0 Å². The van der Waals surface area contributed by atoms with E-state index in [2.05, 4.69) is 18.4 Å². The molecule has 0 aliphatic carbocycles. The van der Waals surface area contributed by atoms with Gasteiger partial charge in [0.25, 0.3) is 0 Å². The fourth-order valence-electron chi connectivity index (χ4n) is 0.846. The van der Waals surface area contributed by atoms with Crippen molar-refractivity contribution in [2.45, 2.75) is 32.7 Å². The van der Waals surface area contributed by atoms with Crippen LogP contribution in [-0.4, -0.2) is 42.7 Å². The molecule has 0 heterocycles. The van der Waals surface area contributed by atoms with Crippen LogP contribution in [0.2, 0.25) is 0 Å². The van der Waals surface area contributed by atoms with E-state index < -0.39 is 5.91 Å². The van der Waals surface area contributed by atoms with E-state index in [1.54, 1.807) is 6.92 Å². The van der Waals surface area contributed by atoms with Gasteiger partial charge in [-0.2, -0.15) is 0 Å². The Balaban J connectivity index is 0. The first-order valence-electron chi connectivity index (χ1n) is 5.09. The number of carbonyl (C=O) groups is 1. The van der Waals surface area contributed by atoms with E-state index in [0.29, 0.717) is 11.6 Å². The number of rotatable bonds is 5. The van der Waals surface area contributed by atoms with Crippen LogP contribution in [0.5, 0.6) is 0 Å². The number of nitrogens with two attached hydrogens (primary N) is 1. The standard InChI is InChI=1S/C7H17NO.C4H7NO/c1-4-5-7(6-9)8(2)3;1-3(2)4(5)6/h7,9H,4-6H2,1-3H3;1H2,2H3,(H2,5,6). The summed E-state index contributed by atoms with van der Waals surface area (Å²) in [7, 11) is 3.99. The molecule has 3 N–H and O–H groups in total. The number of aliphatic hydroxyl groups excluding tert-OH is 1. The Bertz CT molecular complexity index is 179. The molecule has 0 aromatic rings. The fourth-order valence-corrected chi connectivity index (χ4v) is 0.846. The molecule has 0 aliphatic rings. The summed E-state index contributed by atoms with van der Waals surface area (Å²) in [6.07, 6.45) is 2.23. The van der Waals surface area contributed by atoms with E-state index in [-0.39, 0.29) is 6.61 Å². The van der Waals surface area contributed by atoms with Crippen molar-refractivity contribution in [1.82, 2.24) is 4.90 Å². The second kappa shape index (κ2) is 9.68. The average Bonchev–Trinajstić information content (AvgIpc) is 2.14. The van der Waals surface area contributed by atoms with Gasteiger partial charge in [-0.3, -0.25) is 4.79 Å². The lowest BCUT2D eigenvalue weighted by Gasteiger charge is -2.20. The highest BCUT2D eigenvalue weighted by atomic mass is 16.3. The highest BCUT2D eigenvalue weighted by Crippen LogP contribution is 2.00. The highest BCUT2D eigenvalue weighted by molar-refractivity contribution is 5.90. The minimum Gasteiger partial charge on any atom is -0.395 e. The smallest absolute Gasteiger partial charge is 0.243 e. The first-order chi connectivity index (χ1) is 6.86. The third kappa shape index (κ3) is 11.1. The SMILES string of the molecule is C=C(C)C(N)=O.CCCC(CO)N(C)C. The minimum atomic E-state index is -0.435. The lowest BCUT2D eigenvalue weighted by molar-refractivity contribution is -0.114. The molecule has 0 aliphatic heterocycles. The molecule has 0 bridgehead atoms. The number of likely N-dealkylation sites (N-methyl/N-ethyl adjacent to an activating group) is 1. The van der Waals surface area contributed by atoms with Crippen LogP contribution in [0.1, 0.15) is 26.7 Å². The molecule has 15 heavy (non-hydrogen) atoms. The molecule has 1 amide bonds. The maximum atomic E-state index is 9.82. The van der Waals surface area contributed by atoms with Gasteiger partial charge in [-0.05, 0) is 27.4 Å². The number of hydrogen-bond acceptors (Lipinski definition) is 3. The lowest BCUT2D eigenvalue weighted by atomic mass is 10.2. The second-order valence-electron chi connectivity index (χ2n) is 3.73. The molecular formula is C11H24N2O2. The van der Waals surface area contributed by atoms with Crippen LogP contribution in [0.3, 0.4) is 0 Å². The zero-order valence-corrected chi connectivity index (χ0v) is 10.3. The molecule has 0 aromatic carbocycles. The van der Waals surface area contributed by atoms with Crippen LogP contribution in [-0.2, 0) is 4.79 Å². The summed E-state index contributed by atoms with van der Waals surface area (Å²) >= 11 is 0. The summed E-state index contributed by atoms with van der Waals surface area (Å²) in [5, 5.41) is 8.79. The number of aliphatic hydroxyl groups is 1. The van der Waals surface area contributed by atoms with Crippen molar-refractivity contribution in [3.05, 3.63) is 12.2 Å². The zero-order chi connectivity index (χ0) is 12.4. The summed E-state index contributed by atoms with van der Waals surface area (Å²) < 4.78 is 0. The molecular weight excluding hydrogens is 192 g/mol. The van der Waals surface area contributed by atoms with Gasteiger partial charge < -0.3 is 15.7 Å². The van der Waals surface area contributed by atoms with Crippen LogP contribution in [0, 0.1) is 0 Å².